The molecule has 0 aliphatic heterocycles. The molecule has 0 radical (unpaired) electrons. The van der Waals surface area contributed by atoms with Crippen LogP contribution in [0.25, 0.3) is 22.3 Å². The average molecular weight is 452 g/mol. The van der Waals surface area contributed by atoms with Gasteiger partial charge in [0.05, 0.1) is 29.8 Å². The zero-order chi connectivity index (χ0) is 22.7. The van der Waals surface area contributed by atoms with Gasteiger partial charge >= 0.3 is 0 Å². The molecule has 1 fully saturated rings. The van der Waals surface area contributed by atoms with Crippen LogP contribution in [0.1, 0.15) is 38.1 Å². The van der Waals surface area contributed by atoms with Crippen molar-refractivity contribution in [3.05, 3.63) is 24.8 Å². The summed E-state index contributed by atoms with van der Waals surface area (Å²) in [5, 5.41) is 14.9. The molecule has 0 spiro atoms. The Balaban J connectivity index is 1.59. The smallest absolute Gasteiger partial charge is 0.154 e. The molecule has 32 heavy (non-hydrogen) atoms. The van der Waals surface area contributed by atoms with E-state index in [1.165, 1.54) is 12.8 Å². The minimum Gasteiger partial charge on any atom is -0.382 e. The molecule has 1 aliphatic rings. The average Bonchev–Trinajstić information content (AvgIpc) is 3.49. The first kappa shape index (κ1) is 22.5. The fraction of sp³-hybridized carbons (Fsp3) is 0.565. The zero-order valence-electron chi connectivity index (χ0n) is 19.3. The number of rotatable bonds is 9. The van der Waals surface area contributed by atoms with Gasteiger partial charge in [-0.1, -0.05) is 32.5 Å². The number of fused-ring (bicyclic) bond motifs is 1. The number of nitriles is 1. The molecule has 1 aliphatic carbocycles. The van der Waals surface area contributed by atoms with Crippen LogP contribution in [0.4, 0.5) is 5.82 Å². The van der Waals surface area contributed by atoms with Gasteiger partial charge in [0, 0.05) is 32.5 Å². The lowest BCUT2D eigenvalue weighted by atomic mass is 9.96. The van der Waals surface area contributed by atoms with Crippen LogP contribution in [0.3, 0.4) is 0 Å². The van der Waals surface area contributed by atoms with Gasteiger partial charge in [0.15, 0.2) is 5.82 Å². The number of aromatic nitrogens is 5. The van der Waals surface area contributed by atoms with Gasteiger partial charge in [0.25, 0.3) is 0 Å². The molecule has 9 heteroatoms. The molecule has 1 unspecified atom stereocenters. The first-order valence-electron chi connectivity index (χ1n) is 11.5. The number of anilines is 1. The van der Waals surface area contributed by atoms with Crippen molar-refractivity contribution in [1.82, 2.24) is 24.3 Å². The van der Waals surface area contributed by atoms with Crippen molar-refractivity contribution < 1.29 is 4.74 Å². The summed E-state index contributed by atoms with van der Waals surface area (Å²) in [6.07, 6.45) is 10.7. The molecule has 3 aromatic rings. The Bertz CT molecular complexity index is 1100. The molecule has 4 rings (SSSR count). The standard InChI is InChI=1S/C23H33N7OSi/c1-32(2,3)13-12-31-16-29-11-9-18-21(26-15-27-23(18)29)19-14-30(28-22(19)25)20(8-10-24)17-6-4-5-7-17/h9,11,14-15,17,20H,4-8,12-13,16H2,1-3H3,(H2,25,28). The molecule has 1 atom stereocenters. The lowest BCUT2D eigenvalue weighted by molar-refractivity contribution is 0.0899. The van der Waals surface area contributed by atoms with Gasteiger partial charge in [0.1, 0.15) is 18.7 Å². The number of hydrogen-bond acceptors (Lipinski definition) is 6. The second-order valence-corrected chi connectivity index (χ2v) is 15.6. The summed E-state index contributed by atoms with van der Waals surface area (Å²) >= 11 is 0. The van der Waals surface area contributed by atoms with Crippen molar-refractivity contribution in [3.63, 3.8) is 0 Å². The highest BCUT2D eigenvalue weighted by Gasteiger charge is 2.28. The molecular formula is C23H33N7OSi. The minimum atomic E-state index is -1.12. The lowest BCUT2D eigenvalue weighted by Gasteiger charge is -2.21. The highest BCUT2D eigenvalue weighted by molar-refractivity contribution is 6.76. The Morgan fingerprint density at radius 3 is 2.78 bits per heavy atom. The van der Waals surface area contributed by atoms with E-state index in [2.05, 4.69) is 40.8 Å². The molecule has 170 valence electrons. The van der Waals surface area contributed by atoms with E-state index in [-0.39, 0.29) is 6.04 Å². The Hall–Kier alpha value is -2.70. The van der Waals surface area contributed by atoms with Crippen LogP contribution in [-0.4, -0.2) is 39.0 Å². The maximum absolute atomic E-state index is 9.37. The van der Waals surface area contributed by atoms with Crippen LogP contribution in [0.5, 0.6) is 0 Å². The van der Waals surface area contributed by atoms with Gasteiger partial charge in [-0.15, -0.1) is 0 Å². The molecule has 0 aromatic carbocycles. The van der Waals surface area contributed by atoms with E-state index in [9.17, 15) is 5.26 Å². The molecule has 3 aromatic heterocycles. The van der Waals surface area contributed by atoms with Crippen LogP contribution in [0.15, 0.2) is 24.8 Å². The second kappa shape index (κ2) is 9.43. The molecule has 8 nitrogen and oxygen atoms in total. The van der Waals surface area contributed by atoms with Crippen molar-refractivity contribution in [2.24, 2.45) is 5.92 Å². The number of nitrogens with zero attached hydrogens (tertiary/aromatic N) is 6. The van der Waals surface area contributed by atoms with Crippen molar-refractivity contribution >= 4 is 24.9 Å². The fourth-order valence-corrected chi connectivity index (χ4v) is 5.29. The first-order chi connectivity index (χ1) is 15.4. The Kier molecular flexibility index (Phi) is 6.62. The summed E-state index contributed by atoms with van der Waals surface area (Å²) < 4.78 is 9.82. The Morgan fingerprint density at radius 1 is 1.28 bits per heavy atom. The van der Waals surface area contributed by atoms with Gasteiger partial charge in [-0.3, -0.25) is 4.68 Å². The number of hydrogen-bond donors (Lipinski definition) is 1. The monoisotopic (exact) mass is 451 g/mol. The molecule has 0 saturated heterocycles. The normalized spacial score (nSPS) is 15.9. The van der Waals surface area contributed by atoms with Crippen LogP contribution in [-0.2, 0) is 11.5 Å². The number of nitrogen functional groups attached to an aromatic ring is 1. The van der Waals surface area contributed by atoms with Gasteiger partial charge in [-0.2, -0.15) is 10.4 Å². The van der Waals surface area contributed by atoms with E-state index >= 15 is 0 Å². The largest absolute Gasteiger partial charge is 0.382 e. The van der Waals surface area contributed by atoms with Crippen LogP contribution in [0, 0.1) is 17.2 Å². The van der Waals surface area contributed by atoms with Crippen LogP contribution >= 0.6 is 0 Å². The molecule has 1 saturated carbocycles. The molecule has 0 amide bonds. The van der Waals surface area contributed by atoms with Crippen molar-refractivity contribution in [1.29, 1.82) is 5.26 Å². The maximum atomic E-state index is 9.37. The lowest BCUT2D eigenvalue weighted by Crippen LogP contribution is -2.22. The van der Waals surface area contributed by atoms with Gasteiger partial charge in [-0.25, -0.2) is 9.97 Å². The third-order valence-corrected chi connectivity index (χ3v) is 8.09. The highest BCUT2D eigenvalue weighted by Crippen LogP contribution is 2.38. The van der Waals surface area contributed by atoms with E-state index in [1.807, 2.05) is 27.7 Å². The fourth-order valence-electron chi connectivity index (χ4n) is 4.53. The molecular weight excluding hydrogens is 418 g/mol. The van der Waals surface area contributed by atoms with E-state index in [0.29, 0.717) is 24.9 Å². The first-order valence-corrected chi connectivity index (χ1v) is 15.2. The van der Waals surface area contributed by atoms with Gasteiger partial charge in [-0.05, 0) is 30.9 Å². The van der Waals surface area contributed by atoms with E-state index in [4.69, 9.17) is 10.5 Å². The van der Waals surface area contributed by atoms with E-state index in [0.717, 1.165) is 47.8 Å². The summed E-state index contributed by atoms with van der Waals surface area (Å²) in [7, 11) is -1.12. The SMILES string of the molecule is C[Si](C)(C)CCOCn1ccc2c(-c3cn(C(CC#N)C4CCCC4)nc3N)ncnc21. The Labute approximate surface area is 190 Å². The van der Waals surface area contributed by atoms with Gasteiger partial charge in [0.2, 0.25) is 0 Å². The topological polar surface area (TPSA) is 108 Å². The highest BCUT2D eigenvalue weighted by atomic mass is 28.3. The summed E-state index contributed by atoms with van der Waals surface area (Å²) in [6.45, 7) is 8.26. The molecule has 2 N–H and O–H groups in total. The number of nitrogens with two attached hydrogens (primary N) is 1. The Morgan fingerprint density at radius 2 is 2.06 bits per heavy atom. The maximum Gasteiger partial charge on any atom is 0.154 e. The minimum absolute atomic E-state index is 0.0558. The van der Waals surface area contributed by atoms with E-state index < -0.39 is 8.07 Å². The third kappa shape index (κ3) is 4.86. The summed E-state index contributed by atoms with van der Waals surface area (Å²) in [4.78, 5) is 9.03. The second-order valence-electron chi connectivity index (χ2n) is 9.98. The predicted octanol–water partition coefficient (Wildman–Crippen LogP) is 4.83. The van der Waals surface area contributed by atoms with Crippen molar-refractivity contribution in [2.75, 3.05) is 12.3 Å². The van der Waals surface area contributed by atoms with Crippen LogP contribution in [0.2, 0.25) is 25.7 Å². The zero-order valence-corrected chi connectivity index (χ0v) is 20.3. The van der Waals surface area contributed by atoms with Crippen molar-refractivity contribution in [2.45, 2.75) is 70.6 Å². The summed E-state index contributed by atoms with van der Waals surface area (Å²) in [6, 6.07) is 5.53. The summed E-state index contributed by atoms with van der Waals surface area (Å²) in [5.41, 5.74) is 8.71. The predicted molar refractivity (Wildman–Crippen MR) is 128 cm³/mol. The number of ether oxygens (including phenoxy) is 1. The van der Waals surface area contributed by atoms with Gasteiger partial charge < -0.3 is 15.0 Å². The quantitative estimate of drug-likeness (QED) is 0.369. The van der Waals surface area contributed by atoms with Crippen molar-refractivity contribution in [3.8, 4) is 17.3 Å². The van der Waals surface area contributed by atoms with Crippen LogP contribution < -0.4 is 5.73 Å². The van der Waals surface area contributed by atoms with E-state index in [1.54, 1.807) is 6.33 Å². The molecule has 3 heterocycles. The summed E-state index contributed by atoms with van der Waals surface area (Å²) in [5.74, 6) is 0.909. The third-order valence-electron chi connectivity index (χ3n) is 6.38. The molecule has 0 bridgehead atoms.